The first kappa shape index (κ1) is 20.7. The van der Waals surface area contributed by atoms with Crippen molar-refractivity contribution in [1.29, 1.82) is 0 Å². The van der Waals surface area contributed by atoms with Gasteiger partial charge >= 0.3 is 5.97 Å². The monoisotopic (exact) mass is 415 g/mol. The lowest BCUT2D eigenvalue weighted by Gasteiger charge is -2.36. The minimum absolute atomic E-state index is 0.172. The molecule has 1 aliphatic rings. The maximum atomic E-state index is 13.4. The van der Waals surface area contributed by atoms with Crippen LogP contribution in [0.1, 0.15) is 17.5 Å². The molecular formula is C21H22FN3O3S. The molecule has 0 bridgehead atoms. The molecule has 2 aromatic carbocycles. The average Bonchev–Trinajstić information content (AvgIpc) is 2.90. The summed E-state index contributed by atoms with van der Waals surface area (Å²) in [6.45, 7) is 0.337. The molecule has 1 amide bonds. The predicted octanol–water partition coefficient (Wildman–Crippen LogP) is 2.52. The van der Waals surface area contributed by atoms with Gasteiger partial charge in [0.25, 0.3) is 5.91 Å². The van der Waals surface area contributed by atoms with Gasteiger partial charge in [0, 0.05) is 26.3 Å². The summed E-state index contributed by atoms with van der Waals surface area (Å²) in [6, 6.07) is 13.3. The minimum atomic E-state index is -1.51. The molecule has 1 atom stereocenters. The molecule has 0 spiro atoms. The molecule has 1 unspecified atom stereocenters. The van der Waals surface area contributed by atoms with Crippen LogP contribution < -0.4 is 10.2 Å². The molecule has 2 aromatic rings. The number of hydrogen-bond donors (Lipinski definition) is 2. The highest BCUT2D eigenvalue weighted by Crippen LogP contribution is 2.37. The first-order chi connectivity index (χ1) is 13.7. The summed E-state index contributed by atoms with van der Waals surface area (Å²) in [5.41, 5.74) is 0.969. The summed E-state index contributed by atoms with van der Waals surface area (Å²) in [5.74, 6) is -2.12. The van der Waals surface area contributed by atoms with Crippen LogP contribution in [0.4, 0.5) is 10.1 Å². The SMILES string of the molecule is CN(C)c1ccc(CCN2C(=S)NC(=O)C2(CC(=O)O)c2ccc(F)cc2)cc1. The summed E-state index contributed by atoms with van der Waals surface area (Å²) >= 11 is 5.34. The molecule has 2 N–H and O–H groups in total. The van der Waals surface area contributed by atoms with Crippen molar-refractivity contribution in [2.24, 2.45) is 0 Å². The number of nitrogens with one attached hydrogen (secondary N) is 1. The van der Waals surface area contributed by atoms with Crippen molar-refractivity contribution >= 4 is 34.9 Å². The molecule has 3 rings (SSSR count). The van der Waals surface area contributed by atoms with Crippen molar-refractivity contribution in [2.75, 3.05) is 25.5 Å². The van der Waals surface area contributed by atoms with Crippen LogP contribution in [0.25, 0.3) is 0 Å². The number of anilines is 1. The Kier molecular flexibility index (Phi) is 5.83. The molecule has 1 fully saturated rings. The maximum absolute atomic E-state index is 13.4. The molecule has 0 radical (unpaired) electrons. The molecule has 8 heteroatoms. The highest BCUT2D eigenvalue weighted by molar-refractivity contribution is 7.80. The van der Waals surface area contributed by atoms with Crippen molar-refractivity contribution in [3.63, 3.8) is 0 Å². The van der Waals surface area contributed by atoms with Crippen LogP contribution in [-0.4, -0.2) is 47.6 Å². The number of aliphatic carboxylic acids is 1. The van der Waals surface area contributed by atoms with E-state index in [9.17, 15) is 19.1 Å². The second-order valence-corrected chi connectivity index (χ2v) is 7.55. The molecule has 1 saturated heterocycles. The Morgan fingerprint density at radius 1 is 1.17 bits per heavy atom. The van der Waals surface area contributed by atoms with Crippen LogP contribution in [-0.2, 0) is 21.5 Å². The van der Waals surface area contributed by atoms with Gasteiger partial charge in [-0.15, -0.1) is 0 Å². The number of carboxylic acids is 1. The van der Waals surface area contributed by atoms with E-state index >= 15 is 0 Å². The Hall–Kier alpha value is -3.00. The van der Waals surface area contributed by atoms with Gasteiger partial charge in [0.1, 0.15) is 5.82 Å². The molecule has 6 nitrogen and oxygen atoms in total. The van der Waals surface area contributed by atoms with Crippen LogP contribution in [0.15, 0.2) is 48.5 Å². The van der Waals surface area contributed by atoms with Crippen LogP contribution in [0.2, 0.25) is 0 Å². The van der Waals surface area contributed by atoms with Crippen molar-refractivity contribution in [3.8, 4) is 0 Å². The second kappa shape index (κ2) is 8.16. The van der Waals surface area contributed by atoms with E-state index in [1.165, 1.54) is 24.3 Å². The number of halogens is 1. The van der Waals surface area contributed by atoms with E-state index in [2.05, 4.69) is 5.32 Å². The van der Waals surface area contributed by atoms with Gasteiger partial charge in [-0.05, 0) is 54.0 Å². The van der Waals surface area contributed by atoms with Gasteiger partial charge < -0.3 is 20.2 Å². The van der Waals surface area contributed by atoms with E-state index < -0.39 is 29.7 Å². The summed E-state index contributed by atoms with van der Waals surface area (Å²) in [4.78, 5) is 28.1. The van der Waals surface area contributed by atoms with E-state index in [1.54, 1.807) is 4.90 Å². The first-order valence-electron chi connectivity index (χ1n) is 9.11. The number of nitrogens with zero attached hydrogens (tertiary/aromatic N) is 2. The maximum Gasteiger partial charge on any atom is 0.306 e. The number of carboxylic acid groups (broad SMARTS) is 1. The van der Waals surface area contributed by atoms with Gasteiger partial charge in [0.15, 0.2) is 10.7 Å². The summed E-state index contributed by atoms with van der Waals surface area (Å²) < 4.78 is 13.4. The average molecular weight is 415 g/mol. The third-order valence-corrected chi connectivity index (χ3v) is 5.43. The van der Waals surface area contributed by atoms with Gasteiger partial charge in [-0.25, -0.2) is 4.39 Å². The third kappa shape index (κ3) is 4.07. The van der Waals surface area contributed by atoms with Gasteiger partial charge in [-0.2, -0.15) is 0 Å². The highest BCUT2D eigenvalue weighted by Gasteiger charge is 2.53. The molecule has 0 aromatic heterocycles. The highest BCUT2D eigenvalue weighted by atomic mass is 32.1. The fourth-order valence-electron chi connectivity index (χ4n) is 3.57. The molecule has 29 heavy (non-hydrogen) atoms. The zero-order valence-electron chi connectivity index (χ0n) is 16.2. The number of rotatable bonds is 7. The number of benzene rings is 2. The fraction of sp³-hybridized carbons (Fsp3) is 0.286. The Labute approximate surface area is 173 Å². The lowest BCUT2D eigenvalue weighted by Crippen LogP contribution is -2.49. The standard InChI is InChI=1S/C21H22FN3O3S/c1-24(2)17-9-3-14(4-10-17)11-12-25-20(29)23-19(28)21(25,13-18(26)27)15-5-7-16(22)8-6-15/h3-10H,11-13H2,1-2H3,(H,26,27)(H,23,28,29). The van der Waals surface area contributed by atoms with Crippen LogP contribution in [0.3, 0.4) is 0 Å². The van der Waals surface area contributed by atoms with Gasteiger partial charge in [0.05, 0.1) is 6.42 Å². The van der Waals surface area contributed by atoms with Crippen LogP contribution >= 0.6 is 12.2 Å². The molecule has 0 saturated carbocycles. The number of amides is 1. The van der Waals surface area contributed by atoms with Crippen molar-refractivity contribution in [1.82, 2.24) is 10.2 Å². The van der Waals surface area contributed by atoms with E-state index in [0.29, 0.717) is 18.5 Å². The molecular weight excluding hydrogens is 393 g/mol. The quantitative estimate of drug-likeness (QED) is 0.677. The lowest BCUT2D eigenvalue weighted by atomic mass is 9.84. The summed E-state index contributed by atoms with van der Waals surface area (Å²) in [5, 5.41) is 12.3. The molecule has 1 aliphatic heterocycles. The smallest absolute Gasteiger partial charge is 0.306 e. The second-order valence-electron chi connectivity index (χ2n) is 7.16. The fourth-order valence-corrected chi connectivity index (χ4v) is 3.91. The van der Waals surface area contributed by atoms with Crippen LogP contribution in [0, 0.1) is 5.82 Å². The van der Waals surface area contributed by atoms with Gasteiger partial charge in [-0.1, -0.05) is 24.3 Å². The number of carbonyl (C=O) groups is 2. The minimum Gasteiger partial charge on any atom is -0.481 e. The van der Waals surface area contributed by atoms with E-state index in [0.717, 1.165) is 11.3 Å². The first-order valence-corrected chi connectivity index (χ1v) is 9.52. The van der Waals surface area contributed by atoms with E-state index in [1.807, 2.05) is 43.3 Å². The molecule has 0 aliphatic carbocycles. The van der Waals surface area contributed by atoms with E-state index in [4.69, 9.17) is 12.2 Å². The Bertz CT molecular complexity index is 931. The Morgan fingerprint density at radius 2 is 1.79 bits per heavy atom. The Morgan fingerprint density at radius 3 is 2.34 bits per heavy atom. The normalized spacial score (nSPS) is 18.7. The number of thiocarbonyl (C=S) groups is 1. The van der Waals surface area contributed by atoms with Gasteiger partial charge in [-0.3, -0.25) is 9.59 Å². The Balaban J connectivity index is 1.92. The third-order valence-electron chi connectivity index (χ3n) is 5.11. The van der Waals surface area contributed by atoms with E-state index in [-0.39, 0.29) is 5.11 Å². The largest absolute Gasteiger partial charge is 0.481 e. The summed E-state index contributed by atoms with van der Waals surface area (Å²) in [6.07, 6.45) is 0.0789. The molecule has 1 heterocycles. The molecule has 152 valence electrons. The van der Waals surface area contributed by atoms with Crippen molar-refractivity contribution in [2.45, 2.75) is 18.4 Å². The number of hydrogen-bond acceptors (Lipinski definition) is 4. The van der Waals surface area contributed by atoms with Crippen LogP contribution in [0.5, 0.6) is 0 Å². The lowest BCUT2D eigenvalue weighted by molar-refractivity contribution is -0.144. The predicted molar refractivity (Wildman–Crippen MR) is 112 cm³/mol. The zero-order valence-corrected chi connectivity index (χ0v) is 17.0. The zero-order chi connectivity index (χ0) is 21.2. The van der Waals surface area contributed by atoms with Gasteiger partial charge in [0.2, 0.25) is 0 Å². The summed E-state index contributed by atoms with van der Waals surface area (Å²) in [7, 11) is 3.91. The number of carbonyl (C=O) groups excluding carboxylic acids is 1. The topological polar surface area (TPSA) is 72.9 Å². The van der Waals surface area contributed by atoms with Crippen molar-refractivity contribution < 1.29 is 19.1 Å². The van der Waals surface area contributed by atoms with Crippen molar-refractivity contribution in [3.05, 3.63) is 65.5 Å².